The standard InChI is InChI=1S/C10H19NO/c1-2-8-11-10(12)9-6-4-3-5-7-9/h9H,2-8H2,1H3,(H,11,12). The molecule has 1 rings (SSSR count). The lowest BCUT2D eigenvalue weighted by Crippen LogP contribution is -2.32. The van der Waals surface area contributed by atoms with Crippen LogP contribution >= 0.6 is 0 Å². The first-order valence-electron chi connectivity index (χ1n) is 5.12. The average Bonchev–Trinajstić information content (AvgIpc) is 2.15. The molecule has 0 aliphatic heterocycles. The molecule has 0 radical (unpaired) electrons. The van der Waals surface area contributed by atoms with Gasteiger partial charge in [0.15, 0.2) is 0 Å². The van der Waals surface area contributed by atoms with Crippen LogP contribution in [0.25, 0.3) is 0 Å². The fourth-order valence-electron chi connectivity index (χ4n) is 1.76. The SMILES string of the molecule is CCCNC(=O)C1CCCCC1. The van der Waals surface area contributed by atoms with Crippen molar-refractivity contribution in [2.45, 2.75) is 45.4 Å². The van der Waals surface area contributed by atoms with Crippen molar-refractivity contribution in [1.29, 1.82) is 0 Å². The highest BCUT2D eigenvalue weighted by Gasteiger charge is 2.19. The van der Waals surface area contributed by atoms with E-state index < -0.39 is 0 Å². The van der Waals surface area contributed by atoms with Crippen LogP contribution < -0.4 is 5.32 Å². The van der Waals surface area contributed by atoms with Crippen molar-refractivity contribution < 1.29 is 4.79 Å². The average molecular weight is 169 g/mol. The third kappa shape index (κ3) is 2.84. The van der Waals surface area contributed by atoms with Gasteiger partial charge in [-0.2, -0.15) is 0 Å². The van der Waals surface area contributed by atoms with Crippen molar-refractivity contribution >= 4 is 5.91 Å². The predicted molar refractivity (Wildman–Crippen MR) is 49.9 cm³/mol. The van der Waals surface area contributed by atoms with Gasteiger partial charge in [-0.15, -0.1) is 0 Å². The number of carbonyl (C=O) groups is 1. The summed E-state index contributed by atoms with van der Waals surface area (Å²) in [7, 11) is 0. The number of rotatable bonds is 3. The Labute approximate surface area is 74.7 Å². The van der Waals surface area contributed by atoms with E-state index >= 15 is 0 Å². The number of hydrogen-bond donors (Lipinski definition) is 1. The molecule has 0 heterocycles. The van der Waals surface area contributed by atoms with Gasteiger partial charge in [-0.3, -0.25) is 4.79 Å². The molecule has 12 heavy (non-hydrogen) atoms. The van der Waals surface area contributed by atoms with Gasteiger partial charge in [0.05, 0.1) is 0 Å². The van der Waals surface area contributed by atoms with Crippen molar-refractivity contribution in [1.82, 2.24) is 5.32 Å². The topological polar surface area (TPSA) is 29.1 Å². The summed E-state index contributed by atoms with van der Waals surface area (Å²) < 4.78 is 0. The molecule has 1 amide bonds. The van der Waals surface area contributed by atoms with Crippen LogP contribution in [-0.4, -0.2) is 12.5 Å². The van der Waals surface area contributed by atoms with Crippen molar-refractivity contribution in [3.63, 3.8) is 0 Å². The quantitative estimate of drug-likeness (QED) is 0.688. The van der Waals surface area contributed by atoms with E-state index in [2.05, 4.69) is 12.2 Å². The van der Waals surface area contributed by atoms with Gasteiger partial charge in [0.2, 0.25) is 5.91 Å². The second-order valence-corrected chi connectivity index (χ2v) is 3.63. The van der Waals surface area contributed by atoms with Gasteiger partial charge >= 0.3 is 0 Å². The normalized spacial score (nSPS) is 19.1. The zero-order valence-corrected chi connectivity index (χ0v) is 7.94. The molecule has 1 aliphatic rings. The van der Waals surface area contributed by atoms with Crippen LogP contribution in [0.2, 0.25) is 0 Å². The van der Waals surface area contributed by atoms with Gasteiger partial charge in [-0.05, 0) is 19.3 Å². The van der Waals surface area contributed by atoms with Gasteiger partial charge in [-0.25, -0.2) is 0 Å². The van der Waals surface area contributed by atoms with E-state index in [1.54, 1.807) is 0 Å². The largest absolute Gasteiger partial charge is 0.356 e. The fraction of sp³-hybridized carbons (Fsp3) is 0.900. The lowest BCUT2D eigenvalue weighted by molar-refractivity contribution is -0.125. The summed E-state index contributed by atoms with van der Waals surface area (Å²) in [5, 5.41) is 2.96. The summed E-state index contributed by atoms with van der Waals surface area (Å²) in [4.78, 5) is 11.4. The molecule has 2 nitrogen and oxygen atoms in total. The Kier molecular flexibility index (Phi) is 4.12. The van der Waals surface area contributed by atoms with Crippen LogP contribution in [0.5, 0.6) is 0 Å². The zero-order valence-electron chi connectivity index (χ0n) is 7.94. The number of carbonyl (C=O) groups excluding carboxylic acids is 1. The summed E-state index contributed by atoms with van der Waals surface area (Å²) in [6.45, 7) is 2.93. The summed E-state index contributed by atoms with van der Waals surface area (Å²) in [6, 6.07) is 0. The lowest BCUT2D eigenvalue weighted by atomic mass is 9.89. The van der Waals surface area contributed by atoms with E-state index in [1.807, 2.05) is 0 Å². The molecular weight excluding hydrogens is 150 g/mol. The highest BCUT2D eigenvalue weighted by atomic mass is 16.1. The summed E-state index contributed by atoms with van der Waals surface area (Å²) in [6.07, 6.45) is 7.05. The highest BCUT2D eigenvalue weighted by molar-refractivity contribution is 5.78. The van der Waals surface area contributed by atoms with Crippen LogP contribution in [0.4, 0.5) is 0 Å². The van der Waals surface area contributed by atoms with E-state index in [9.17, 15) is 4.79 Å². The smallest absolute Gasteiger partial charge is 0.223 e. The number of amides is 1. The highest BCUT2D eigenvalue weighted by Crippen LogP contribution is 2.23. The van der Waals surface area contributed by atoms with E-state index in [0.717, 1.165) is 25.8 Å². The van der Waals surface area contributed by atoms with E-state index in [0.29, 0.717) is 5.92 Å². The number of nitrogens with one attached hydrogen (secondary N) is 1. The van der Waals surface area contributed by atoms with Gasteiger partial charge in [0.1, 0.15) is 0 Å². The van der Waals surface area contributed by atoms with Gasteiger partial charge in [0.25, 0.3) is 0 Å². The molecule has 0 aromatic carbocycles. The molecule has 70 valence electrons. The molecule has 0 aromatic heterocycles. The Bertz CT molecular complexity index is 139. The third-order valence-corrected chi connectivity index (χ3v) is 2.53. The first-order chi connectivity index (χ1) is 5.84. The summed E-state index contributed by atoms with van der Waals surface area (Å²) in [5.74, 6) is 0.613. The van der Waals surface area contributed by atoms with Crippen LogP contribution in [0.15, 0.2) is 0 Å². The molecule has 2 heteroatoms. The van der Waals surface area contributed by atoms with E-state index in [1.165, 1.54) is 19.3 Å². The van der Waals surface area contributed by atoms with Crippen molar-refractivity contribution in [2.75, 3.05) is 6.54 Å². The molecule has 1 aliphatic carbocycles. The third-order valence-electron chi connectivity index (χ3n) is 2.53. The molecule has 1 saturated carbocycles. The zero-order chi connectivity index (χ0) is 8.81. The Morgan fingerprint density at radius 1 is 1.33 bits per heavy atom. The second kappa shape index (κ2) is 5.18. The molecule has 0 atom stereocenters. The Morgan fingerprint density at radius 2 is 2.00 bits per heavy atom. The number of hydrogen-bond acceptors (Lipinski definition) is 1. The molecule has 1 fully saturated rings. The van der Waals surface area contributed by atoms with Crippen LogP contribution in [0, 0.1) is 5.92 Å². The van der Waals surface area contributed by atoms with Gasteiger partial charge in [0, 0.05) is 12.5 Å². The lowest BCUT2D eigenvalue weighted by Gasteiger charge is -2.20. The minimum Gasteiger partial charge on any atom is -0.356 e. The van der Waals surface area contributed by atoms with Crippen molar-refractivity contribution in [3.05, 3.63) is 0 Å². The van der Waals surface area contributed by atoms with Gasteiger partial charge < -0.3 is 5.32 Å². The first-order valence-corrected chi connectivity index (χ1v) is 5.12. The van der Waals surface area contributed by atoms with Crippen molar-refractivity contribution in [2.24, 2.45) is 5.92 Å². The summed E-state index contributed by atoms with van der Waals surface area (Å²) >= 11 is 0. The molecule has 0 saturated heterocycles. The summed E-state index contributed by atoms with van der Waals surface area (Å²) in [5.41, 5.74) is 0. The fourth-order valence-corrected chi connectivity index (χ4v) is 1.76. The van der Waals surface area contributed by atoms with Gasteiger partial charge in [-0.1, -0.05) is 26.2 Å². The minimum atomic E-state index is 0.288. The predicted octanol–water partition coefficient (Wildman–Crippen LogP) is 2.09. The molecule has 1 N–H and O–H groups in total. The maximum absolute atomic E-state index is 11.4. The van der Waals surface area contributed by atoms with E-state index in [-0.39, 0.29) is 5.91 Å². The Hall–Kier alpha value is -0.530. The molecule has 0 unspecified atom stereocenters. The Morgan fingerprint density at radius 3 is 2.58 bits per heavy atom. The molecule has 0 spiro atoms. The van der Waals surface area contributed by atoms with Crippen LogP contribution in [0.3, 0.4) is 0 Å². The first kappa shape index (κ1) is 9.56. The maximum atomic E-state index is 11.4. The monoisotopic (exact) mass is 169 g/mol. The molecule has 0 bridgehead atoms. The molecular formula is C10H19NO. The minimum absolute atomic E-state index is 0.288. The van der Waals surface area contributed by atoms with Crippen LogP contribution in [0.1, 0.15) is 45.4 Å². The van der Waals surface area contributed by atoms with E-state index in [4.69, 9.17) is 0 Å². The maximum Gasteiger partial charge on any atom is 0.223 e. The Balaban J connectivity index is 2.20. The van der Waals surface area contributed by atoms with Crippen LogP contribution in [-0.2, 0) is 4.79 Å². The molecule has 0 aromatic rings. The second-order valence-electron chi connectivity index (χ2n) is 3.63. The van der Waals surface area contributed by atoms with Crippen molar-refractivity contribution in [3.8, 4) is 0 Å².